The largest absolute Gasteiger partial charge is 0.295 e. The summed E-state index contributed by atoms with van der Waals surface area (Å²) >= 11 is 1.15. The second kappa shape index (κ2) is 6.21. The maximum atomic E-state index is 12.5. The number of aromatic amines is 1. The van der Waals surface area contributed by atoms with Crippen molar-refractivity contribution in [2.45, 2.75) is 18.1 Å². The van der Waals surface area contributed by atoms with Gasteiger partial charge in [0.1, 0.15) is 9.90 Å². The number of sulfonamides is 1. The van der Waals surface area contributed by atoms with Crippen LogP contribution in [-0.4, -0.2) is 24.4 Å². The van der Waals surface area contributed by atoms with Crippen molar-refractivity contribution >= 4 is 32.8 Å². The fourth-order valence-electron chi connectivity index (χ4n) is 2.12. The predicted molar refractivity (Wildman–Crippen MR) is 93.9 cm³/mol. The highest BCUT2D eigenvalue weighted by Gasteiger charge is 2.18. The van der Waals surface area contributed by atoms with Gasteiger partial charge in [0.15, 0.2) is 5.78 Å². The molecule has 0 fully saturated rings. The molecule has 0 amide bonds. The van der Waals surface area contributed by atoms with Crippen molar-refractivity contribution in [1.29, 1.82) is 0 Å². The second-order valence-electron chi connectivity index (χ2n) is 5.29. The van der Waals surface area contributed by atoms with E-state index in [1.54, 1.807) is 36.4 Å². The molecule has 0 aliphatic carbocycles. The van der Waals surface area contributed by atoms with E-state index < -0.39 is 10.0 Å². The van der Waals surface area contributed by atoms with Gasteiger partial charge in [-0.1, -0.05) is 0 Å². The van der Waals surface area contributed by atoms with E-state index in [9.17, 15) is 13.2 Å². The number of Topliss-reactive ketones (excluding diaryl/α,β-unsaturated/α-hetero) is 1. The summed E-state index contributed by atoms with van der Waals surface area (Å²) < 4.78 is 27.7. The van der Waals surface area contributed by atoms with Gasteiger partial charge in [-0.2, -0.15) is 5.10 Å². The molecule has 2 aromatic heterocycles. The SMILES string of the molecule is CC(=O)c1ccc(NS(=O)(=O)c2ccc(-c3cc(C)[nH]n3)s2)cc1. The average Bonchev–Trinajstić information content (AvgIpc) is 3.16. The van der Waals surface area contributed by atoms with Gasteiger partial charge in [-0.3, -0.25) is 14.6 Å². The first-order chi connectivity index (χ1) is 11.3. The first kappa shape index (κ1) is 16.4. The standard InChI is InChI=1S/C16H15N3O3S2/c1-10-9-14(18-17-10)15-7-8-16(23-15)24(21,22)19-13-5-3-12(4-6-13)11(2)20/h3-9,19H,1-2H3,(H,17,18). The number of rotatable bonds is 5. The maximum absolute atomic E-state index is 12.5. The molecule has 0 bridgehead atoms. The van der Waals surface area contributed by atoms with Crippen molar-refractivity contribution in [1.82, 2.24) is 10.2 Å². The summed E-state index contributed by atoms with van der Waals surface area (Å²) in [7, 11) is -3.68. The molecule has 0 unspecified atom stereocenters. The van der Waals surface area contributed by atoms with Crippen LogP contribution in [0, 0.1) is 6.92 Å². The van der Waals surface area contributed by atoms with Crippen LogP contribution in [0.3, 0.4) is 0 Å². The zero-order valence-corrected chi connectivity index (χ0v) is 14.7. The Balaban J connectivity index is 1.83. The van der Waals surface area contributed by atoms with E-state index in [0.29, 0.717) is 16.9 Å². The van der Waals surface area contributed by atoms with Gasteiger partial charge in [-0.05, 0) is 56.3 Å². The molecule has 3 rings (SSSR count). The summed E-state index contributed by atoms with van der Waals surface area (Å²) in [6, 6.07) is 11.5. The van der Waals surface area contributed by atoms with Crippen LogP contribution >= 0.6 is 11.3 Å². The number of hydrogen-bond donors (Lipinski definition) is 2. The lowest BCUT2D eigenvalue weighted by atomic mass is 10.1. The summed E-state index contributed by atoms with van der Waals surface area (Å²) in [6.07, 6.45) is 0. The number of nitrogens with zero attached hydrogens (tertiary/aromatic N) is 1. The zero-order valence-electron chi connectivity index (χ0n) is 13.0. The number of hydrogen-bond acceptors (Lipinski definition) is 5. The Morgan fingerprint density at radius 2 is 1.88 bits per heavy atom. The van der Waals surface area contributed by atoms with Crippen molar-refractivity contribution in [3.05, 3.63) is 53.7 Å². The highest BCUT2D eigenvalue weighted by molar-refractivity contribution is 7.94. The van der Waals surface area contributed by atoms with Crippen LogP contribution in [-0.2, 0) is 10.0 Å². The molecular formula is C16H15N3O3S2. The summed E-state index contributed by atoms with van der Waals surface area (Å²) in [6.45, 7) is 3.34. The molecule has 2 N–H and O–H groups in total. The third-order valence-electron chi connectivity index (χ3n) is 3.35. The predicted octanol–water partition coefficient (Wildman–Crippen LogP) is 3.45. The van der Waals surface area contributed by atoms with E-state index in [1.165, 1.54) is 6.92 Å². The van der Waals surface area contributed by atoms with Crippen LogP contribution in [0.15, 0.2) is 46.7 Å². The molecule has 0 saturated carbocycles. The number of carbonyl (C=O) groups is 1. The van der Waals surface area contributed by atoms with E-state index in [1.807, 2.05) is 13.0 Å². The van der Waals surface area contributed by atoms with Gasteiger partial charge in [0.05, 0.1) is 4.88 Å². The molecule has 0 aliphatic heterocycles. The first-order valence-corrected chi connectivity index (χ1v) is 9.41. The lowest BCUT2D eigenvalue weighted by Crippen LogP contribution is -2.11. The normalized spacial score (nSPS) is 11.4. The van der Waals surface area contributed by atoms with Crippen molar-refractivity contribution in [3.8, 4) is 10.6 Å². The lowest BCUT2D eigenvalue weighted by Gasteiger charge is -2.06. The highest BCUT2D eigenvalue weighted by Crippen LogP contribution is 2.30. The summed E-state index contributed by atoms with van der Waals surface area (Å²) in [5, 5.41) is 6.96. The minimum Gasteiger partial charge on any atom is -0.295 e. The summed E-state index contributed by atoms with van der Waals surface area (Å²) in [5.41, 5.74) is 2.56. The Hall–Kier alpha value is -2.45. The molecule has 2 heterocycles. The van der Waals surface area contributed by atoms with Gasteiger partial charge in [0, 0.05) is 16.9 Å². The number of aromatic nitrogens is 2. The maximum Gasteiger partial charge on any atom is 0.271 e. The summed E-state index contributed by atoms with van der Waals surface area (Å²) in [5.74, 6) is -0.0680. The smallest absolute Gasteiger partial charge is 0.271 e. The van der Waals surface area contributed by atoms with Crippen LogP contribution in [0.4, 0.5) is 5.69 Å². The summed E-state index contributed by atoms with van der Waals surface area (Å²) in [4.78, 5) is 12.0. The van der Waals surface area contributed by atoms with Gasteiger partial charge < -0.3 is 0 Å². The zero-order chi connectivity index (χ0) is 17.3. The van der Waals surface area contributed by atoms with Crippen molar-refractivity contribution in [2.24, 2.45) is 0 Å². The fraction of sp³-hybridized carbons (Fsp3) is 0.125. The Bertz CT molecular complexity index is 986. The molecule has 8 heteroatoms. The number of aryl methyl sites for hydroxylation is 1. The number of anilines is 1. The Labute approximate surface area is 143 Å². The van der Waals surface area contributed by atoms with Gasteiger partial charge in [-0.15, -0.1) is 11.3 Å². The number of thiophene rings is 1. The van der Waals surface area contributed by atoms with Gasteiger partial charge in [-0.25, -0.2) is 8.42 Å². The van der Waals surface area contributed by atoms with E-state index >= 15 is 0 Å². The van der Waals surface area contributed by atoms with E-state index in [2.05, 4.69) is 14.9 Å². The molecule has 0 spiro atoms. The second-order valence-corrected chi connectivity index (χ2v) is 8.29. The lowest BCUT2D eigenvalue weighted by molar-refractivity contribution is 0.101. The molecule has 0 atom stereocenters. The van der Waals surface area contributed by atoms with E-state index in [0.717, 1.165) is 21.9 Å². The van der Waals surface area contributed by atoms with Crippen LogP contribution < -0.4 is 4.72 Å². The minimum atomic E-state index is -3.68. The number of benzene rings is 1. The van der Waals surface area contributed by atoms with E-state index in [4.69, 9.17) is 0 Å². The number of carbonyl (C=O) groups excluding carboxylic acids is 1. The third-order valence-corrected chi connectivity index (χ3v) is 6.33. The number of nitrogens with one attached hydrogen (secondary N) is 2. The van der Waals surface area contributed by atoms with Gasteiger partial charge in [0.25, 0.3) is 10.0 Å². The average molecular weight is 361 g/mol. The van der Waals surface area contributed by atoms with Gasteiger partial charge >= 0.3 is 0 Å². The Morgan fingerprint density at radius 3 is 2.46 bits per heavy atom. The molecule has 6 nitrogen and oxygen atoms in total. The van der Waals surface area contributed by atoms with Gasteiger partial charge in [0.2, 0.25) is 0 Å². The topological polar surface area (TPSA) is 91.9 Å². The van der Waals surface area contributed by atoms with Crippen molar-refractivity contribution < 1.29 is 13.2 Å². The van der Waals surface area contributed by atoms with Crippen molar-refractivity contribution in [2.75, 3.05) is 4.72 Å². The Morgan fingerprint density at radius 1 is 1.17 bits per heavy atom. The molecular weight excluding hydrogens is 346 g/mol. The molecule has 1 aromatic carbocycles. The minimum absolute atomic E-state index is 0.0680. The highest BCUT2D eigenvalue weighted by atomic mass is 32.2. The first-order valence-electron chi connectivity index (χ1n) is 7.11. The molecule has 124 valence electrons. The fourth-order valence-corrected chi connectivity index (χ4v) is 4.45. The number of ketones is 1. The van der Waals surface area contributed by atoms with Crippen LogP contribution in [0.1, 0.15) is 23.0 Å². The van der Waals surface area contributed by atoms with Crippen LogP contribution in [0.25, 0.3) is 10.6 Å². The monoisotopic (exact) mass is 361 g/mol. The number of H-pyrrole nitrogens is 1. The van der Waals surface area contributed by atoms with Crippen LogP contribution in [0.2, 0.25) is 0 Å². The molecule has 0 saturated heterocycles. The Kier molecular flexibility index (Phi) is 4.25. The molecule has 0 aliphatic rings. The molecule has 3 aromatic rings. The quantitative estimate of drug-likeness (QED) is 0.681. The van der Waals surface area contributed by atoms with Crippen molar-refractivity contribution in [3.63, 3.8) is 0 Å². The van der Waals surface area contributed by atoms with E-state index in [-0.39, 0.29) is 9.99 Å². The third kappa shape index (κ3) is 3.39. The van der Waals surface area contributed by atoms with Crippen LogP contribution in [0.5, 0.6) is 0 Å². The molecule has 0 radical (unpaired) electrons. The molecule has 24 heavy (non-hydrogen) atoms.